The van der Waals surface area contributed by atoms with Crippen LogP contribution in [-0.4, -0.2) is 44.0 Å². The van der Waals surface area contributed by atoms with Gasteiger partial charge in [0.15, 0.2) is 0 Å². The van der Waals surface area contributed by atoms with E-state index in [9.17, 15) is 18.7 Å². The minimum atomic E-state index is -0.737. The van der Waals surface area contributed by atoms with Gasteiger partial charge < -0.3 is 10.0 Å². The van der Waals surface area contributed by atoms with Gasteiger partial charge >= 0.3 is 0 Å². The molecule has 0 radical (unpaired) electrons. The van der Waals surface area contributed by atoms with E-state index in [1.54, 1.807) is 12.1 Å². The topological polar surface area (TPSA) is 82.1 Å². The van der Waals surface area contributed by atoms with E-state index in [1.807, 2.05) is 0 Å². The van der Waals surface area contributed by atoms with Crippen LogP contribution in [0.1, 0.15) is 28.4 Å². The SMILES string of the molecule is O=C(c1cc(F)cc2n[nH]nc12)N1C[C@H](O)C[C@@H]1c1cccc(F)c1. The molecule has 1 fully saturated rings. The van der Waals surface area contributed by atoms with Crippen molar-refractivity contribution < 1.29 is 18.7 Å². The monoisotopic (exact) mass is 344 g/mol. The second-order valence-electron chi connectivity index (χ2n) is 6.06. The molecule has 2 aromatic carbocycles. The highest BCUT2D eigenvalue weighted by Gasteiger charge is 2.36. The minimum Gasteiger partial charge on any atom is -0.391 e. The summed E-state index contributed by atoms with van der Waals surface area (Å²) in [5.74, 6) is -1.51. The summed E-state index contributed by atoms with van der Waals surface area (Å²) in [7, 11) is 0. The third-order valence-corrected chi connectivity index (χ3v) is 4.39. The standard InChI is InChI=1S/C17H14F2N4O2/c18-10-3-1-2-9(4-10)15-7-12(24)8-23(15)17(25)13-5-11(19)6-14-16(13)21-22-20-14/h1-6,12,15,24H,7-8H2,(H,20,21,22)/t12-,15-/m1/s1. The first-order valence-electron chi connectivity index (χ1n) is 7.77. The van der Waals surface area contributed by atoms with Gasteiger partial charge in [-0.2, -0.15) is 15.4 Å². The molecule has 1 aliphatic rings. The van der Waals surface area contributed by atoms with E-state index < -0.39 is 29.7 Å². The summed E-state index contributed by atoms with van der Waals surface area (Å²) in [5.41, 5.74) is 1.13. The molecular formula is C17H14F2N4O2. The first-order chi connectivity index (χ1) is 12.0. The molecule has 1 saturated heterocycles. The lowest BCUT2D eigenvalue weighted by Gasteiger charge is -2.25. The Morgan fingerprint density at radius 2 is 2.04 bits per heavy atom. The van der Waals surface area contributed by atoms with E-state index in [0.29, 0.717) is 5.56 Å². The van der Waals surface area contributed by atoms with Crippen molar-refractivity contribution in [3.63, 3.8) is 0 Å². The summed E-state index contributed by atoms with van der Waals surface area (Å²) in [6.45, 7) is 0.0792. The summed E-state index contributed by atoms with van der Waals surface area (Å²) in [5, 5.41) is 20.1. The number of nitrogens with one attached hydrogen (secondary N) is 1. The number of β-amino-alcohol motifs (C(OH)–C–C–N with tert-alkyl or cyclic N) is 1. The second kappa shape index (κ2) is 5.89. The molecule has 6 nitrogen and oxygen atoms in total. The van der Waals surface area contributed by atoms with Crippen LogP contribution in [0, 0.1) is 11.6 Å². The minimum absolute atomic E-state index is 0.0549. The molecule has 2 heterocycles. The predicted molar refractivity (Wildman–Crippen MR) is 84.6 cm³/mol. The molecule has 0 unspecified atom stereocenters. The Morgan fingerprint density at radius 1 is 1.20 bits per heavy atom. The molecule has 1 aliphatic heterocycles. The molecule has 1 aromatic heterocycles. The fourth-order valence-electron chi connectivity index (χ4n) is 3.30. The molecular weight excluding hydrogens is 330 g/mol. The van der Waals surface area contributed by atoms with E-state index in [0.717, 1.165) is 6.07 Å². The number of aliphatic hydroxyl groups excluding tert-OH is 1. The summed E-state index contributed by atoms with van der Waals surface area (Å²) in [6, 6.07) is 7.67. The molecule has 2 atom stereocenters. The molecule has 4 rings (SSSR count). The summed E-state index contributed by atoms with van der Waals surface area (Å²) in [6.07, 6.45) is -0.453. The van der Waals surface area contributed by atoms with Crippen LogP contribution >= 0.6 is 0 Å². The first-order valence-corrected chi connectivity index (χ1v) is 7.77. The van der Waals surface area contributed by atoms with E-state index >= 15 is 0 Å². The fourth-order valence-corrected chi connectivity index (χ4v) is 3.30. The molecule has 128 valence electrons. The maximum Gasteiger partial charge on any atom is 0.256 e. The van der Waals surface area contributed by atoms with Gasteiger partial charge in [0.25, 0.3) is 5.91 Å². The van der Waals surface area contributed by atoms with Crippen molar-refractivity contribution in [2.45, 2.75) is 18.6 Å². The van der Waals surface area contributed by atoms with Gasteiger partial charge in [-0.05, 0) is 30.2 Å². The van der Waals surface area contributed by atoms with Crippen LogP contribution in [0.3, 0.4) is 0 Å². The van der Waals surface area contributed by atoms with Gasteiger partial charge in [0.2, 0.25) is 0 Å². The number of aromatic nitrogens is 3. The fraction of sp³-hybridized carbons (Fsp3) is 0.235. The van der Waals surface area contributed by atoms with Crippen molar-refractivity contribution in [2.24, 2.45) is 0 Å². The number of hydrogen-bond acceptors (Lipinski definition) is 4. The Balaban J connectivity index is 1.76. The lowest BCUT2D eigenvalue weighted by atomic mass is 10.0. The van der Waals surface area contributed by atoms with Crippen LogP contribution in [0.4, 0.5) is 8.78 Å². The molecule has 0 saturated carbocycles. The molecule has 1 amide bonds. The highest BCUT2D eigenvalue weighted by Crippen LogP contribution is 2.34. The van der Waals surface area contributed by atoms with Crippen LogP contribution in [0.25, 0.3) is 11.0 Å². The molecule has 0 bridgehead atoms. The lowest BCUT2D eigenvalue weighted by Crippen LogP contribution is -2.32. The maximum absolute atomic E-state index is 13.8. The van der Waals surface area contributed by atoms with E-state index in [2.05, 4.69) is 15.4 Å². The Bertz CT molecular complexity index is 959. The van der Waals surface area contributed by atoms with E-state index in [-0.39, 0.29) is 29.6 Å². The molecule has 3 aromatic rings. The third kappa shape index (κ3) is 2.74. The van der Waals surface area contributed by atoms with Gasteiger partial charge in [-0.15, -0.1) is 0 Å². The number of hydrogen-bond donors (Lipinski definition) is 2. The zero-order valence-electron chi connectivity index (χ0n) is 13.0. The van der Waals surface area contributed by atoms with E-state index in [4.69, 9.17) is 0 Å². The average Bonchev–Trinajstić information content (AvgIpc) is 3.19. The number of nitrogens with zero attached hydrogens (tertiary/aromatic N) is 3. The van der Waals surface area contributed by atoms with Gasteiger partial charge in [0.05, 0.1) is 17.7 Å². The van der Waals surface area contributed by atoms with Gasteiger partial charge in [0.1, 0.15) is 22.7 Å². The highest BCUT2D eigenvalue weighted by molar-refractivity contribution is 6.04. The molecule has 25 heavy (non-hydrogen) atoms. The van der Waals surface area contributed by atoms with Crippen LogP contribution in [-0.2, 0) is 0 Å². The molecule has 8 heteroatoms. The van der Waals surface area contributed by atoms with Gasteiger partial charge in [-0.25, -0.2) is 8.78 Å². The number of rotatable bonds is 2. The summed E-state index contributed by atoms with van der Waals surface area (Å²) in [4.78, 5) is 14.4. The number of carbonyl (C=O) groups excluding carboxylic acids is 1. The van der Waals surface area contributed by atoms with Crippen LogP contribution < -0.4 is 0 Å². The quantitative estimate of drug-likeness (QED) is 0.747. The molecule has 2 N–H and O–H groups in total. The average molecular weight is 344 g/mol. The first kappa shape index (κ1) is 15.6. The number of aromatic amines is 1. The number of fused-ring (bicyclic) bond motifs is 1. The third-order valence-electron chi connectivity index (χ3n) is 4.39. The van der Waals surface area contributed by atoms with Crippen LogP contribution in [0.2, 0.25) is 0 Å². The van der Waals surface area contributed by atoms with Gasteiger partial charge in [0, 0.05) is 12.6 Å². The lowest BCUT2D eigenvalue weighted by molar-refractivity contribution is 0.0717. The number of amides is 1. The Morgan fingerprint density at radius 3 is 2.84 bits per heavy atom. The van der Waals surface area contributed by atoms with Crippen molar-refractivity contribution in [1.82, 2.24) is 20.3 Å². The zero-order valence-corrected chi connectivity index (χ0v) is 13.0. The van der Waals surface area contributed by atoms with Gasteiger partial charge in [-0.3, -0.25) is 4.79 Å². The van der Waals surface area contributed by atoms with Crippen molar-refractivity contribution in [1.29, 1.82) is 0 Å². The largest absolute Gasteiger partial charge is 0.391 e. The number of aliphatic hydroxyl groups is 1. The number of halogens is 2. The predicted octanol–water partition coefficient (Wildman–Crippen LogP) is 2.18. The molecule has 0 aliphatic carbocycles. The number of H-pyrrole nitrogens is 1. The van der Waals surface area contributed by atoms with Crippen LogP contribution in [0.15, 0.2) is 36.4 Å². The smallest absolute Gasteiger partial charge is 0.256 e. The van der Waals surface area contributed by atoms with Gasteiger partial charge in [-0.1, -0.05) is 12.1 Å². The van der Waals surface area contributed by atoms with Crippen molar-refractivity contribution in [3.8, 4) is 0 Å². The highest BCUT2D eigenvalue weighted by atomic mass is 19.1. The number of benzene rings is 2. The number of likely N-dealkylation sites (tertiary alicyclic amines) is 1. The van der Waals surface area contributed by atoms with Crippen molar-refractivity contribution in [3.05, 3.63) is 59.2 Å². The van der Waals surface area contributed by atoms with E-state index in [1.165, 1.54) is 23.1 Å². The summed E-state index contributed by atoms with van der Waals surface area (Å²) < 4.78 is 27.4. The Hall–Kier alpha value is -2.87. The zero-order chi connectivity index (χ0) is 17.6. The summed E-state index contributed by atoms with van der Waals surface area (Å²) >= 11 is 0. The Kier molecular flexibility index (Phi) is 3.69. The maximum atomic E-state index is 13.8. The normalized spacial score (nSPS) is 20.4. The number of carbonyl (C=O) groups is 1. The van der Waals surface area contributed by atoms with Crippen LogP contribution in [0.5, 0.6) is 0 Å². The Labute approximate surface area is 141 Å². The van der Waals surface area contributed by atoms with Crippen molar-refractivity contribution in [2.75, 3.05) is 6.54 Å². The molecule has 0 spiro atoms. The van der Waals surface area contributed by atoms with Crippen molar-refractivity contribution >= 4 is 16.9 Å². The second-order valence-corrected chi connectivity index (χ2v) is 6.06.